The van der Waals surface area contributed by atoms with Crippen LogP contribution in [0.4, 0.5) is 4.39 Å². The standard InChI is InChI=1S/C12H14F/c1-5-8(2)11-6-9(3)12(13)10(4)7-11/h5-8H,1-2H2,3-4H3. The van der Waals surface area contributed by atoms with Crippen LogP contribution in [0.5, 0.6) is 0 Å². The molecule has 0 fully saturated rings. The number of allylic oxidation sites excluding steroid dienone is 1. The minimum absolute atomic E-state index is 0.0398. The van der Waals surface area contributed by atoms with Crippen LogP contribution in [0.2, 0.25) is 0 Å². The van der Waals surface area contributed by atoms with Crippen LogP contribution >= 0.6 is 0 Å². The van der Waals surface area contributed by atoms with Gasteiger partial charge in [-0.15, -0.1) is 6.58 Å². The van der Waals surface area contributed by atoms with E-state index in [0.29, 0.717) is 11.1 Å². The smallest absolute Gasteiger partial charge is 0.129 e. The van der Waals surface area contributed by atoms with Gasteiger partial charge in [-0.05, 0) is 37.5 Å². The number of hydrogen-bond acceptors (Lipinski definition) is 0. The van der Waals surface area contributed by atoms with E-state index in [1.54, 1.807) is 19.9 Å². The minimum atomic E-state index is -0.125. The first-order chi connectivity index (χ1) is 6.06. The average Bonchev–Trinajstić information content (AvgIpc) is 2.12. The summed E-state index contributed by atoms with van der Waals surface area (Å²) >= 11 is 0. The Bertz CT molecular complexity index is 303. The molecule has 0 spiro atoms. The van der Waals surface area contributed by atoms with Crippen molar-refractivity contribution in [3.05, 3.63) is 54.2 Å². The number of hydrogen-bond donors (Lipinski definition) is 0. The molecule has 1 radical (unpaired) electrons. The molecule has 1 aromatic carbocycles. The molecule has 0 saturated heterocycles. The first kappa shape index (κ1) is 9.97. The second kappa shape index (κ2) is 3.73. The van der Waals surface area contributed by atoms with E-state index in [1.807, 2.05) is 12.1 Å². The molecule has 0 bridgehead atoms. The molecule has 0 aromatic heterocycles. The SMILES string of the molecule is [CH2]C(C=C)c1cc(C)c(F)c(C)c1. The first-order valence-corrected chi connectivity index (χ1v) is 4.28. The Labute approximate surface area is 79.1 Å². The summed E-state index contributed by atoms with van der Waals surface area (Å²) in [5.41, 5.74) is 2.36. The quantitative estimate of drug-likeness (QED) is 0.606. The van der Waals surface area contributed by atoms with Crippen LogP contribution in [0.15, 0.2) is 24.8 Å². The Morgan fingerprint density at radius 3 is 2.15 bits per heavy atom. The van der Waals surface area contributed by atoms with Crippen molar-refractivity contribution in [3.63, 3.8) is 0 Å². The second-order valence-electron chi connectivity index (χ2n) is 3.31. The van der Waals surface area contributed by atoms with Gasteiger partial charge in [-0.2, -0.15) is 0 Å². The fraction of sp³-hybridized carbons (Fsp3) is 0.250. The molecule has 0 aliphatic rings. The summed E-state index contributed by atoms with van der Waals surface area (Å²) in [6.45, 7) is 11.1. The van der Waals surface area contributed by atoms with Crippen molar-refractivity contribution < 1.29 is 4.39 Å². The maximum Gasteiger partial charge on any atom is 0.129 e. The number of aryl methyl sites for hydroxylation is 2. The predicted molar refractivity (Wildman–Crippen MR) is 54.2 cm³/mol. The third kappa shape index (κ3) is 1.97. The highest BCUT2D eigenvalue weighted by Crippen LogP contribution is 2.21. The molecule has 1 rings (SSSR count). The molecular weight excluding hydrogens is 163 g/mol. The molecular formula is C12H14F. The number of benzene rings is 1. The van der Waals surface area contributed by atoms with Crippen molar-refractivity contribution in [1.29, 1.82) is 0 Å². The van der Waals surface area contributed by atoms with Crippen molar-refractivity contribution in [3.8, 4) is 0 Å². The average molecular weight is 177 g/mol. The molecule has 69 valence electrons. The fourth-order valence-corrected chi connectivity index (χ4v) is 1.33. The van der Waals surface area contributed by atoms with Crippen LogP contribution in [0.3, 0.4) is 0 Å². The zero-order chi connectivity index (χ0) is 10.0. The fourth-order valence-electron chi connectivity index (χ4n) is 1.33. The van der Waals surface area contributed by atoms with Crippen LogP contribution < -0.4 is 0 Å². The Morgan fingerprint density at radius 2 is 1.77 bits per heavy atom. The lowest BCUT2D eigenvalue weighted by Crippen LogP contribution is -1.95. The van der Waals surface area contributed by atoms with Crippen LogP contribution in [-0.2, 0) is 0 Å². The lowest BCUT2D eigenvalue weighted by Gasteiger charge is -2.09. The minimum Gasteiger partial charge on any atom is -0.206 e. The van der Waals surface area contributed by atoms with E-state index >= 15 is 0 Å². The number of halogens is 1. The van der Waals surface area contributed by atoms with Gasteiger partial charge < -0.3 is 0 Å². The summed E-state index contributed by atoms with van der Waals surface area (Å²) in [6, 6.07) is 3.64. The van der Waals surface area contributed by atoms with Gasteiger partial charge in [0.2, 0.25) is 0 Å². The highest BCUT2D eigenvalue weighted by Gasteiger charge is 2.07. The molecule has 0 nitrogen and oxygen atoms in total. The predicted octanol–water partition coefficient (Wildman–Crippen LogP) is 3.55. The molecule has 0 amide bonds. The van der Waals surface area contributed by atoms with Crippen molar-refractivity contribution in [2.24, 2.45) is 0 Å². The molecule has 0 saturated carbocycles. The van der Waals surface area contributed by atoms with Gasteiger partial charge in [0.15, 0.2) is 0 Å². The summed E-state index contributed by atoms with van der Waals surface area (Å²) in [5.74, 6) is -0.0852. The Morgan fingerprint density at radius 1 is 1.31 bits per heavy atom. The van der Waals surface area contributed by atoms with Gasteiger partial charge in [-0.1, -0.05) is 18.2 Å². The van der Waals surface area contributed by atoms with Gasteiger partial charge >= 0.3 is 0 Å². The highest BCUT2D eigenvalue weighted by molar-refractivity contribution is 5.34. The van der Waals surface area contributed by atoms with Gasteiger partial charge in [0, 0.05) is 5.92 Å². The number of rotatable bonds is 2. The monoisotopic (exact) mass is 177 g/mol. The normalized spacial score (nSPS) is 12.6. The van der Waals surface area contributed by atoms with E-state index in [-0.39, 0.29) is 11.7 Å². The van der Waals surface area contributed by atoms with Crippen LogP contribution in [-0.4, -0.2) is 0 Å². The third-order valence-corrected chi connectivity index (χ3v) is 2.17. The Balaban J connectivity index is 3.20. The van der Waals surface area contributed by atoms with Crippen LogP contribution in [0.1, 0.15) is 22.6 Å². The summed E-state index contributed by atoms with van der Waals surface area (Å²) < 4.78 is 13.2. The van der Waals surface area contributed by atoms with Crippen molar-refractivity contribution >= 4 is 0 Å². The summed E-state index contributed by atoms with van der Waals surface area (Å²) in [6.07, 6.45) is 1.76. The van der Waals surface area contributed by atoms with E-state index in [4.69, 9.17) is 0 Å². The topological polar surface area (TPSA) is 0 Å². The molecule has 1 heteroatoms. The molecule has 1 aromatic rings. The van der Waals surface area contributed by atoms with E-state index in [1.165, 1.54) is 0 Å². The van der Waals surface area contributed by atoms with Gasteiger partial charge in [0.1, 0.15) is 5.82 Å². The van der Waals surface area contributed by atoms with Gasteiger partial charge in [0.25, 0.3) is 0 Å². The van der Waals surface area contributed by atoms with E-state index < -0.39 is 0 Å². The van der Waals surface area contributed by atoms with Gasteiger partial charge in [-0.3, -0.25) is 0 Å². The van der Waals surface area contributed by atoms with Gasteiger partial charge in [-0.25, -0.2) is 4.39 Å². The Hall–Kier alpha value is -1.11. The zero-order valence-electron chi connectivity index (χ0n) is 8.10. The first-order valence-electron chi connectivity index (χ1n) is 4.28. The maximum atomic E-state index is 13.2. The summed E-state index contributed by atoms with van der Waals surface area (Å²) in [5, 5.41) is 0. The maximum absolute atomic E-state index is 13.2. The van der Waals surface area contributed by atoms with E-state index in [0.717, 1.165) is 5.56 Å². The van der Waals surface area contributed by atoms with Crippen molar-refractivity contribution in [2.75, 3.05) is 0 Å². The van der Waals surface area contributed by atoms with Crippen LogP contribution in [0, 0.1) is 26.6 Å². The molecule has 0 aliphatic carbocycles. The van der Waals surface area contributed by atoms with Crippen molar-refractivity contribution in [2.45, 2.75) is 19.8 Å². The van der Waals surface area contributed by atoms with E-state index in [2.05, 4.69) is 13.5 Å². The Kier molecular flexibility index (Phi) is 2.86. The summed E-state index contributed by atoms with van der Waals surface area (Å²) in [4.78, 5) is 0. The van der Waals surface area contributed by atoms with Crippen LogP contribution in [0.25, 0.3) is 0 Å². The molecule has 0 N–H and O–H groups in total. The third-order valence-electron chi connectivity index (χ3n) is 2.17. The van der Waals surface area contributed by atoms with Crippen molar-refractivity contribution in [1.82, 2.24) is 0 Å². The second-order valence-corrected chi connectivity index (χ2v) is 3.31. The van der Waals surface area contributed by atoms with E-state index in [9.17, 15) is 4.39 Å². The molecule has 1 atom stereocenters. The lowest BCUT2D eigenvalue weighted by atomic mass is 9.97. The highest BCUT2D eigenvalue weighted by atomic mass is 19.1. The molecule has 13 heavy (non-hydrogen) atoms. The van der Waals surface area contributed by atoms with Gasteiger partial charge in [0.05, 0.1) is 0 Å². The molecule has 1 unspecified atom stereocenters. The summed E-state index contributed by atoms with van der Waals surface area (Å²) in [7, 11) is 0. The lowest BCUT2D eigenvalue weighted by molar-refractivity contribution is 0.608. The molecule has 0 aliphatic heterocycles. The zero-order valence-corrected chi connectivity index (χ0v) is 8.10. The molecule has 0 heterocycles. The largest absolute Gasteiger partial charge is 0.206 e.